The highest BCUT2D eigenvalue weighted by Crippen LogP contribution is 2.30. The molecule has 4 heteroatoms. The molecule has 2 aromatic carbocycles. The van der Waals surface area contributed by atoms with Crippen molar-refractivity contribution in [3.8, 4) is 5.75 Å². The Bertz CT molecular complexity index is 552. The second-order valence-electron chi connectivity index (χ2n) is 4.34. The van der Waals surface area contributed by atoms with Crippen LogP contribution in [-0.4, -0.2) is 14.2 Å². The van der Waals surface area contributed by atoms with E-state index in [0.29, 0.717) is 17.3 Å². The van der Waals surface area contributed by atoms with Crippen LogP contribution in [0.2, 0.25) is 5.02 Å². The summed E-state index contributed by atoms with van der Waals surface area (Å²) in [5.41, 5.74) is 8.61. The fourth-order valence-electron chi connectivity index (χ4n) is 2.01. The van der Waals surface area contributed by atoms with Crippen molar-refractivity contribution in [3.05, 3.63) is 53.1 Å². The number of anilines is 2. The molecule has 2 N–H and O–H groups in total. The Morgan fingerprint density at radius 1 is 1.16 bits per heavy atom. The molecule has 0 saturated heterocycles. The van der Waals surface area contributed by atoms with Crippen LogP contribution >= 0.6 is 11.6 Å². The van der Waals surface area contributed by atoms with Crippen LogP contribution in [0.5, 0.6) is 5.75 Å². The molecule has 0 bridgehead atoms. The number of rotatable bonds is 4. The summed E-state index contributed by atoms with van der Waals surface area (Å²) in [6.07, 6.45) is 0. The largest absolute Gasteiger partial charge is 0.495 e. The number of methoxy groups -OCH3 is 1. The average molecular weight is 277 g/mol. The molecule has 2 rings (SSSR count). The lowest BCUT2D eigenvalue weighted by atomic mass is 10.1. The zero-order valence-electron chi connectivity index (χ0n) is 11.1. The molecular formula is C15H17ClN2O. The maximum Gasteiger partial charge on any atom is 0.142 e. The number of nitrogens with zero attached hydrogens (tertiary/aromatic N) is 1. The summed E-state index contributed by atoms with van der Waals surface area (Å²) in [4.78, 5) is 2.07. The summed E-state index contributed by atoms with van der Waals surface area (Å²) in [6, 6.07) is 13.4. The Balaban J connectivity index is 2.28. The molecule has 0 unspecified atom stereocenters. The van der Waals surface area contributed by atoms with Crippen LogP contribution in [0.25, 0.3) is 0 Å². The van der Waals surface area contributed by atoms with E-state index in [1.165, 1.54) is 0 Å². The van der Waals surface area contributed by atoms with Crippen LogP contribution in [0.15, 0.2) is 42.5 Å². The highest BCUT2D eigenvalue weighted by atomic mass is 35.5. The lowest BCUT2D eigenvalue weighted by Crippen LogP contribution is -2.18. The van der Waals surface area contributed by atoms with Gasteiger partial charge in [0.1, 0.15) is 5.75 Å². The third kappa shape index (κ3) is 2.93. The van der Waals surface area contributed by atoms with Gasteiger partial charge in [-0.05, 0) is 24.3 Å². The zero-order valence-corrected chi connectivity index (χ0v) is 11.8. The third-order valence-corrected chi connectivity index (χ3v) is 3.40. The smallest absolute Gasteiger partial charge is 0.142 e. The molecule has 100 valence electrons. The van der Waals surface area contributed by atoms with Gasteiger partial charge in [0.05, 0.1) is 12.8 Å². The molecule has 0 radical (unpaired) electrons. The topological polar surface area (TPSA) is 38.5 Å². The Morgan fingerprint density at radius 2 is 1.89 bits per heavy atom. The van der Waals surface area contributed by atoms with Crippen molar-refractivity contribution in [3.63, 3.8) is 0 Å². The Hall–Kier alpha value is -1.87. The van der Waals surface area contributed by atoms with Crippen LogP contribution in [-0.2, 0) is 6.54 Å². The average Bonchev–Trinajstić information content (AvgIpc) is 2.42. The van der Waals surface area contributed by atoms with Crippen molar-refractivity contribution in [2.24, 2.45) is 0 Å². The number of ether oxygens (including phenoxy) is 1. The highest BCUT2D eigenvalue weighted by molar-refractivity contribution is 6.31. The van der Waals surface area contributed by atoms with Crippen molar-refractivity contribution >= 4 is 23.0 Å². The maximum atomic E-state index is 6.20. The molecule has 0 aliphatic rings. The van der Waals surface area contributed by atoms with E-state index in [4.69, 9.17) is 22.1 Å². The summed E-state index contributed by atoms with van der Waals surface area (Å²) < 4.78 is 5.36. The molecule has 0 amide bonds. The molecule has 0 heterocycles. The first-order valence-corrected chi connectivity index (χ1v) is 6.38. The van der Waals surface area contributed by atoms with E-state index in [-0.39, 0.29) is 0 Å². The lowest BCUT2D eigenvalue weighted by Gasteiger charge is -2.23. The second-order valence-corrected chi connectivity index (χ2v) is 4.74. The van der Waals surface area contributed by atoms with Crippen LogP contribution in [0.3, 0.4) is 0 Å². The number of hydrogen-bond acceptors (Lipinski definition) is 3. The molecule has 0 aliphatic heterocycles. The van der Waals surface area contributed by atoms with Gasteiger partial charge in [0.2, 0.25) is 0 Å². The van der Waals surface area contributed by atoms with E-state index in [9.17, 15) is 0 Å². The van der Waals surface area contributed by atoms with Crippen LogP contribution < -0.4 is 15.4 Å². The molecule has 0 fully saturated rings. The highest BCUT2D eigenvalue weighted by Gasteiger charge is 2.11. The summed E-state index contributed by atoms with van der Waals surface area (Å²) in [5, 5.41) is 0.682. The van der Waals surface area contributed by atoms with Crippen molar-refractivity contribution in [1.82, 2.24) is 0 Å². The molecule has 0 atom stereocenters. The monoisotopic (exact) mass is 276 g/mol. The molecule has 0 spiro atoms. The predicted octanol–water partition coefficient (Wildman–Crippen LogP) is 3.57. The molecule has 0 saturated carbocycles. The van der Waals surface area contributed by atoms with Gasteiger partial charge in [-0.1, -0.05) is 29.8 Å². The van der Waals surface area contributed by atoms with E-state index in [0.717, 1.165) is 17.0 Å². The van der Waals surface area contributed by atoms with E-state index in [1.54, 1.807) is 7.11 Å². The van der Waals surface area contributed by atoms with Crippen LogP contribution in [0, 0.1) is 0 Å². The van der Waals surface area contributed by atoms with E-state index < -0.39 is 0 Å². The van der Waals surface area contributed by atoms with Gasteiger partial charge in [-0.15, -0.1) is 0 Å². The summed E-state index contributed by atoms with van der Waals surface area (Å²) in [7, 11) is 3.65. The number of benzene rings is 2. The number of nitrogens with two attached hydrogens (primary N) is 1. The molecule has 0 aliphatic carbocycles. The maximum absolute atomic E-state index is 6.20. The number of hydrogen-bond donors (Lipinski definition) is 1. The SMILES string of the molecule is COc1ccccc1N(C)Cc1c(N)cccc1Cl. The molecular weight excluding hydrogens is 260 g/mol. The summed E-state index contributed by atoms with van der Waals surface area (Å²) in [6.45, 7) is 0.631. The lowest BCUT2D eigenvalue weighted by molar-refractivity contribution is 0.415. The van der Waals surface area contributed by atoms with Crippen molar-refractivity contribution < 1.29 is 4.74 Å². The second kappa shape index (κ2) is 5.85. The fraction of sp³-hybridized carbons (Fsp3) is 0.200. The molecule has 3 nitrogen and oxygen atoms in total. The van der Waals surface area contributed by atoms with Gasteiger partial charge in [0, 0.05) is 29.9 Å². The number of halogens is 1. The molecule has 0 aromatic heterocycles. The quantitative estimate of drug-likeness (QED) is 0.868. The first kappa shape index (κ1) is 13.6. The van der Waals surface area contributed by atoms with Crippen LogP contribution in [0.4, 0.5) is 11.4 Å². The number of para-hydroxylation sites is 2. The van der Waals surface area contributed by atoms with Gasteiger partial charge in [0.25, 0.3) is 0 Å². The summed E-state index contributed by atoms with van der Waals surface area (Å²) >= 11 is 6.20. The zero-order chi connectivity index (χ0) is 13.8. The third-order valence-electron chi connectivity index (χ3n) is 3.05. The Morgan fingerprint density at radius 3 is 2.58 bits per heavy atom. The predicted molar refractivity (Wildman–Crippen MR) is 81.0 cm³/mol. The molecule has 2 aromatic rings. The first-order valence-electron chi connectivity index (χ1n) is 6.00. The normalized spacial score (nSPS) is 10.3. The van der Waals surface area contributed by atoms with Gasteiger partial charge in [-0.25, -0.2) is 0 Å². The van der Waals surface area contributed by atoms with Gasteiger partial charge >= 0.3 is 0 Å². The standard InChI is InChI=1S/C15H17ClN2O/c1-18(14-8-3-4-9-15(14)19-2)10-11-12(16)6-5-7-13(11)17/h3-9H,10,17H2,1-2H3. The van der Waals surface area contributed by atoms with Gasteiger partial charge < -0.3 is 15.4 Å². The van der Waals surface area contributed by atoms with Crippen molar-refractivity contribution in [1.29, 1.82) is 0 Å². The Labute approximate surface area is 118 Å². The number of nitrogen functional groups attached to an aromatic ring is 1. The minimum absolute atomic E-state index is 0.631. The Kier molecular flexibility index (Phi) is 4.17. The minimum Gasteiger partial charge on any atom is -0.495 e. The van der Waals surface area contributed by atoms with E-state index >= 15 is 0 Å². The molecule has 19 heavy (non-hydrogen) atoms. The van der Waals surface area contributed by atoms with Gasteiger partial charge in [-0.3, -0.25) is 0 Å². The first-order chi connectivity index (χ1) is 9.13. The minimum atomic E-state index is 0.631. The van der Waals surface area contributed by atoms with Crippen molar-refractivity contribution in [2.75, 3.05) is 24.8 Å². The van der Waals surface area contributed by atoms with E-state index in [2.05, 4.69) is 4.90 Å². The van der Waals surface area contributed by atoms with Crippen LogP contribution in [0.1, 0.15) is 5.56 Å². The van der Waals surface area contributed by atoms with Crippen molar-refractivity contribution in [2.45, 2.75) is 6.54 Å². The summed E-state index contributed by atoms with van der Waals surface area (Å²) in [5.74, 6) is 0.829. The van der Waals surface area contributed by atoms with Gasteiger partial charge in [-0.2, -0.15) is 0 Å². The van der Waals surface area contributed by atoms with E-state index in [1.807, 2.05) is 49.5 Å². The van der Waals surface area contributed by atoms with Gasteiger partial charge in [0.15, 0.2) is 0 Å². The fourth-order valence-corrected chi connectivity index (χ4v) is 2.25.